The Morgan fingerprint density at radius 2 is 2.27 bits per heavy atom. The summed E-state index contributed by atoms with van der Waals surface area (Å²) in [5, 5.41) is 8.83. The monoisotopic (exact) mass is 175 g/mol. The quantitative estimate of drug-likeness (QED) is 0.610. The molecule has 1 amide bonds. The molecular formula is C7H13NO2S. The van der Waals surface area contributed by atoms with Crippen molar-refractivity contribution in [3.8, 4) is 0 Å². The Kier molecular flexibility index (Phi) is 2.05. The van der Waals surface area contributed by atoms with Gasteiger partial charge in [-0.3, -0.25) is 4.90 Å². The molecule has 1 aliphatic rings. The fraction of sp³-hybridized carbons (Fsp3) is 0.857. The topological polar surface area (TPSA) is 40.5 Å². The predicted molar refractivity (Wildman–Crippen MR) is 45.9 cm³/mol. The highest BCUT2D eigenvalue weighted by atomic mass is 32.2. The van der Waals surface area contributed by atoms with Crippen LogP contribution in [-0.4, -0.2) is 32.8 Å². The van der Waals surface area contributed by atoms with Crippen LogP contribution < -0.4 is 0 Å². The highest BCUT2D eigenvalue weighted by Crippen LogP contribution is 2.38. The van der Waals surface area contributed by atoms with Crippen molar-refractivity contribution < 1.29 is 9.90 Å². The lowest BCUT2D eigenvalue weighted by atomic mass is 10.2. The fourth-order valence-electron chi connectivity index (χ4n) is 1.42. The lowest BCUT2D eigenvalue weighted by Gasteiger charge is -2.30. The first-order chi connectivity index (χ1) is 4.95. The molecule has 1 unspecified atom stereocenters. The Bertz CT molecular complexity index is 181. The molecule has 11 heavy (non-hydrogen) atoms. The first-order valence-corrected chi connectivity index (χ1v) is 4.60. The molecule has 1 saturated heterocycles. The third-order valence-corrected chi connectivity index (χ3v) is 3.46. The Labute approximate surface area is 70.8 Å². The Morgan fingerprint density at radius 1 is 1.73 bits per heavy atom. The number of amides is 1. The van der Waals surface area contributed by atoms with Gasteiger partial charge < -0.3 is 5.11 Å². The molecule has 1 rings (SSSR count). The summed E-state index contributed by atoms with van der Waals surface area (Å²) in [6.07, 6.45) is -0.812. The maximum Gasteiger partial charge on any atom is 0.408 e. The van der Waals surface area contributed by atoms with Gasteiger partial charge in [-0.05, 0) is 20.8 Å². The van der Waals surface area contributed by atoms with Crippen molar-refractivity contribution in [2.45, 2.75) is 31.7 Å². The van der Waals surface area contributed by atoms with Gasteiger partial charge >= 0.3 is 6.09 Å². The number of thioether (sulfide) groups is 1. The molecule has 1 fully saturated rings. The van der Waals surface area contributed by atoms with E-state index >= 15 is 0 Å². The highest BCUT2D eigenvalue weighted by molar-refractivity contribution is 8.00. The molecule has 0 aromatic carbocycles. The number of hydrogen-bond donors (Lipinski definition) is 1. The van der Waals surface area contributed by atoms with Gasteiger partial charge in [0.1, 0.15) is 0 Å². The van der Waals surface area contributed by atoms with E-state index in [2.05, 4.69) is 0 Å². The van der Waals surface area contributed by atoms with E-state index in [1.54, 1.807) is 11.8 Å². The van der Waals surface area contributed by atoms with Gasteiger partial charge in [0.15, 0.2) is 0 Å². The molecule has 1 aliphatic heterocycles. The van der Waals surface area contributed by atoms with Gasteiger partial charge in [-0.25, -0.2) is 4.79 Å². The summed E-state index contributed by atoms with van der Waals surface area (Å²) in [4.78, 5) is 12.0. The summed E-state index contributed by atoms with van der Waals surface area (Å²) in [6, 6.07) is 0.146. The summed E-state index contributed by atoms with van der Waals surface area (Å²) in [5.74, 6) is 0.902. The zero-order valence-corrected chi connectivity index (χ0v) is 7.81. The van der Waals surface area contributed by atoms with Crippen molar-refractivity contribution in [1.29, 1.82) is 0 Å². The Balaban J connectivity index is 2.80. The van der Waals surface area contributed by atoms with Gasteiger partial charge in [-0.15, -0.1) is 11.8 Å². The van der Waals surface area contributed by atoms with Gasteiger partial charge in [0.05, 0.1) is 4.87 Å². The number of hydrogen-bond acceptors (Lipinski definition) is 2. The molecule has 0 saturated carbocycles. The normalized spacial score (nSPS) is 29.0. The number of rotatable bonds is 0. The molecule has 1 N–H and O–H groups in total. The van der Waals surface area contributed by atoms with Crippen molar-refractivity contribution in [2.75, 3.05) is 5.75 Å². The van der Waals surface area contributed by atoms with Crippen LogP contribution in [0, 0.1) is 0 Å². The molecule has 0 bridgehead atoms. The van der Waals surface area contributed by atoms with Crippen LogP contribution in [0.15, 0.2) is 0 Å². The standard InChI is InChI=1S/C7H13NO2S/c1-5-4-11-7(2,3)8(5)6(9)10/h5H,4H2,1-3H3,(H,9,10). The van der Waals surface area contributed by atoms with Crippen LogP contribution in [0.4, 0.5) is 4.79 Å². The summed E-state index contributed by atoms with van der Waals surface area (Å²) in [5.41, 5.74) is 0. The molecule has 0 aromatic heterocycles. The van der Waals surface area contributed by atoms with E-state index in [9.17, 15) is 4.79 Å². The number of nitrogens with zero attached hydrogens (tertiary/aromatic N) is 1. The zero-order valence-electron chi connectivity index (χ0n) is 7.00. The van der Waals surface area contributed by atoms with Gasteiger partial charge in [-0.1, -0.05) is 0 Å². The minimum Gasteiger partial charge on any atom is -0.465 e. The van der Waals surface area contributed by atoms with Gasteiger partial charge in [0, 0.05) is 11.8 Å². The molecular weight excluding hydrogens is 162 g/mol. The highest BCUT2D eigenvalue weighted by Gasteiger charge is 2.40. The van der Waals surface area contributed by atoms with Crippen molar-refractivity contribution in [2.24, 2.45) is 0 Å². The second-order valence-corrected chi connectivity index (χ2v) is 4.88. The van der Waals surface area contributed by atoms with Crippen molar-refractivity contribution >= 4 is 17.9 Å². The third kappa shape index (κ3) is 1.45. The maximum atomic E-state index is 10.7. The molecule has 0 aromatic rings. The molecule has 64 valence electrons. The first kappa shape index (κ1) is 8.71. The van der Waals surface area contributed by atoms with E-state index < -0.39 is 6.09 Å². The van der Waals surface area contributed by atoms with Crippen LogP contribution in [0.3, 0.4) is 0 Å². The third-order valence-electron chi connectivity index (χ3n) is 1.90. The zero-order chi connectivity index (χ0) is 8.65. The largest absolute Gasteiger partial charge is 0.465 e. The minimum absolute atomic E-state index is 0.146. The van der Waals surface area contributed by atoms with Gasteiger partial charge in [-0.2, -0.15) is 0 Å². The van der Waals surface area contributed by atoms with Crippen molar-refractivity contribution in [3.05, 3.63) is 0 Å². The minimum atomic E-state index is -0.812. The van der Waals surface area contributed by atoms with Crippen LogP contribution in [0.1, 0.15) is 20.8 Å². The number of carboxylic acid groups (broad SMARTS) is 1. The Morgan fingerprint density at radius 3 is 2.45 bits per heavy atom. The molecule has 1 atom stereocenters. The van der Waals surface area contributed by atoms with Crippen LogP contribution >= 0.6 is 11.8 Å². The fourth-order valence-corrected chi connectivity index (χ4v) is 2.61. The predicted octanol–water partition coefficient (Wildman–Crippen LogP) is 1.84. The van der Waals surface area contributed by atoms with Crippen molar-refractivity contribution in [3.63, 3.8) is 0 Å². The van der Waals surface area contributed by atoms with E-state index in [1.165, 1.54) is 4.90 Å². The SMILES string of the molecule is CC1CSC(C)(C)N1C(=O)O. The Hall–Kier alpha value is -0.380. The summed E-state index contributed by atoms with van der Waals surface area (Å²) in [6.45, 7) is 5.82. The lowest BCUT2D eigenvalue weighted by Crippen LogP contribution is -2.44. The first-order valence-electron chi connectivity index (χ1n) is 3.61. The van der Waals surface area contributed by atoms with E-state index in [0.29, 0.717) is 0 Å². The smallest absolute Gasteiger partial charge is 0.408 e. The number of carbonyl (C=O) groups is 1. The molecule has 4 heteroatoms. The summed E-state index contributed by atoms with van der Waals surface area (Å²) in [7, 11) is 0. The van der Waals surface area contributed by atoms with Crippen molar-refractivity contribution in [1.82, 2.24) is 4.90 Å². The van der Waals surface area contributed by atoms with Gasteiger partial charge in [0.2, 0.25) is 0 Å². The summed E-state index contributed by atoms with van der Waals surface area (Å²) < 4.78 is 0. The van der Waals surface area contributed by atoms with Crippen LogP contribution in [0.25, 0.3) is 0 Å². The van der Waals surface area contributed by atoms with Crippen LogP contribution in [0.5, 0.6) is 0 Å². The molecule has 0 radical (unpaired) electrons. The van der Waals surface area contributed by atoms with E-state index in [1.807, 2.05) is 20.8 Å². The molecule has 0 spiro atoms. The van der Waals surface area contributed by atoms with E-state index in [4.69, 9.17) is 5.11 Å². The molecule has 0 aliphatic carbocycles. The summed E-state index contributed by atoms with van der Waals surface area (Å²) >= 11 is 1.69. The lowest BCUT2D eigenvalue weighted by molar-refractivity contribution is 0.115. The van der Waals surface area contributed by atoms with E-state index in [0.717, 1.165) is 5.75 Å². The maximum absolute atomic E-state index is 10.7. The second kappa shape index (κ2) is 2.59. The van der Waals surface area contributed by atoms with Crippen LogP contribution in [0.2, 0.25) is 0 Å². The second-order valence-electron chi connectivity index (χ2n) is 3.26. The molecule has 3 nitrogen and oxygen atoms in total. The average Bonchev–Trinajstić information content (AvgIpc) is 2.06. The van der Waals surface area contributed by atoms with Crippen LogP contribution in [-0.2, 0) is 0 Å². The van der Waals surface area contributed by atoms with E-state index in [-0.39, 0.29) is 10.9 Å². The molecule has 1 heterocycles. The average molecular weight is 175 g/mol. The van der Waals surface area contributed by atoms with Gasteiger partial charge in [0.25, 0.3) is 0 Å².